The fourth-order valence-corrected chi connectivity index (χ4v) is 1.28. The van der Waals surface area contributed by atoms with E-state index in [0.29, 0.717) is 0 Å². The number of rotatable bonds is 1. The van der Waals surface area contributed by atoms with Gasteiger partial charge in [0.1, 0.15) is 5.69 Å². The van der Waals surface area contributed by atoms with E-state index in [1.165, 1.54) is 0 Å². The molecule has 0 spiro atoms. The Labute approximate surface area is 82.9 Å². The second kappa shape index (κ2) is 3.54. The van der Waals surface area contributed by atoms with E-state index in [0.717, 1.165) is 22.8 Å². The molecule has 0 unspecified atom stereocenters. The molecule has 0 N–H and O–H groups in total. The summed E-state index contributed by atoms with van der Waals surface area (Å²) in [5, 5.41) is 0. The minimum atomic E-state index is 0.866. The van der Waals surface area contributed by atoms with Gasteiger partial charge in [-0.15, -0.1) is 0 Å². The van der Waals surface area contributed by atoms with E-state index in [1.807, 2.05) is 32.0 Å². The molecule has 2 rings (SSSR count). The Kier molecular flexibility index (Phi) is 2.23. The average molecular weight is 185 g/mol. The van der Waals surface area contributed by atoms with Crippen LogP contribution in [0.3, 0.4) is 0 Å². The SMILES string of the molecule is Cc1cnc(C)c(-c2ccccn2)n1. The first-order valence-electron chi connectivity index (χ1n) is 4.49. The third-order valence-corrected chi connectivity index (χ3v) is 1.98. The molecular formula is C11H11N3. The van der Waals surface area contributed by atoms with Crippen LogP contribution in [0.1, 0.15) is 11.4 Å². The molecule has 0 bridgehead atoms. The highest BCUT2D eigenvalue weighted by Crippen LogP contribution is 2.16. The molecule has 2 aromatic rings. The Morgan fingerprint density at radius 1 is 1.07 bits per heavy atom. The molecule has 0 aliphatic carbocycles. The van der Waals surface area contributed by atoms with E-state index in [1.54, 1.807) is 12.4 Å². The topological polar surface area (TPSA) is 38.7 Å². The lowest BCUT2D eigenvalue weighted by Gasteiger charge is -2.03. The van der Waals surface area contributed by atoms with Crippen molar-refractivity contribution in [1.29, 1.82) is 0 Å². The maximum absolute atomic E-state index is 4.42. The number of nitrogens with zero attached hydrogens (tertiary/aromatic N) is 3. The monoisotopic (exact) mass is 185 g/mol. The van der Waals surface area contributed by atoms with Gasteiger partial charge in [-0.3, -0.25) is 9.97 Å². The van der Waals surface area contributed by atoms with E-state index < -0.39 is 0 Å². The number of pyridine rings is 1. The van der Waals surface area contributed by atoms with E-state index in [-0.39, 0.29) is 0 Å². The van der Waals surface area contributed by atoms with Gasteiger partial charge in [0.05, 0.1) is 17.1 Å². The van der Waals surface area contributed by atoms with Crippen LogP contribution in [0.25, 0.3) is 11.4 Å². The summed E-state index contributed by atoms with van der Waals surface area (Å²) in [6.45, 7) is 3.87. The standard InChI is InChI=1S/C11H11N3/c1-8-7-13-9(2)11(14-8)10-5-3-4-6-12-10/h3-7H,1-2H3. The van der Waals surface area contributed by atoms with Crippen LogP contribution in [0.15, 0.2) is 30.6 Å². The maximum atomic E-state index is 4.42. The lowest BCUT2D eigenvalue weighted by Crippen LogP contribution is -1.95. The van der Waals surface area contributed by atoms with Crippen LogP contribution in [0.4, 0.5) is 0 Å². The van der Waals surface area contributed by atoms with Gasteiger partial charge in [0.2, 0.25) is 0 Å². The molecule has 0 aliphatic heterocycles. The molecule has 0 aliphatic rings. The minimum Gasteiger partial charge on any atom is -0.257 e. The predicted octanol–water partition coefficient (Wildman–Crippen LogP) is 2.16. The van der Waals surface area contributed by atoms with Crippen molar-refractivity contribution < 1.29 is 0 Å². The molecule has 3 nitrogen and oxygen atoms in total. The molecule has 0 saturated heterocycles. The lowest BCUT2D eigenvalue weighted by atomic mass is 10.2. The van der Waals surface area contributed by atoms with E-state index in [9.17, 15) is 0 Å². The Hall–Kier alpha value is -1.77. The number of hydrogen-bond donors (Lipinski definition) is 0. The minimum absolute atomic E-state index is 0.866. The molecule has 0 atom stereocenters. The summed E-state index contributed by atoms with van der Waals surface area (Å²) < 4.78 is 0. The first kappa shape index (κ1) is 8.81. The van der Waals surface area contributed by atoms with Crippen LogP contribution >= 0.6 is 0 Å². The molecule has 2 aromatic heterocycles. The zero-order valence-corrected chi connectivity index (χ0v) is 8.23. The molecular weight excluding hydrogens is 174 g/mol. The Morgan fingerprint density at radius 2 is 1.93 bits per heavy atom. The van der Waals surface area contributed by atoms with Crippen molar-refractivity contribution in [2.24, 2.45) is 0 Å². The van der Waals surface area contributed by atoms with Crippen LogP contribution in [0.2, 0.25) is 0 Å². The van der Waals surface area contributed by atoms with Crippen molar-refractivity contribution in [3.8, 4) is 11.4 Å². The molecule has 0 aromatic carbocycles. The molecule has 3 heteroatoms. The van der Waals surface area contributed by atoms with E-state index >= 15 is 0 Å². The maximum Gasteiger partial charge on any atom is 0.110 e. The zero-order chi connectivity index (χ0) is 9.97. The van der Waals surface area contributed by atoms with Gasteiger partial charge in [0, 0.05) is 12.4 Å². The summed E-state index contributed by atoms with van der Waals surface area (Å²) >= 11 is 0. The van der Waals surface area contributed by atoms with Crippen molar-refractivity contribution in [2.75, 3.05) is 0 Å². The van der Waals surface area contributed by atoms with Gasteiger partial charge in [-0.1, -0.05) is 6.07 Å². The zero-order valence-electron chi connectivity index (χ0n) is 8.23. The molecule has 0 saturated carbocycles. The summed E-state index contributed by atoms with van der Waals surface area (Å²) in [7, 11) is 0. The second-order valence-electron chi connectivity index (χ2n) is 3.16. The van der Waals surface area contributed by atoms with Gasteiger partial charge in [-0.2, -0.15) is 0 Å². The van der Waals surface area contributed by atoms with Crippen LogP contribution < -0.4 is 0 Å². The van der Waals surface area contributed by atoms with Crippen molar-refractivity contribution in [1.82, 2.24) is 15.0 Å². The highest BCUT2D eigenvalue weighted by Gasteiger charge is 2.04. The Morgan fingerprint density at radius 3 is 2.64 bits per heavy atom. The van der Waals surface area contributed by atoms with Gasteiger partial charge in [-0.05, 0) is 26.0 Å². The molecule has 70 valence electrons. The fraction of sp³-hybridized carbons (Fsp3) is 0.182. The van der Waals surface area contributed by atoms with Gasteiger partial charge in [-0.25, -0.2) is 4.98 Å². The first-order valence-corrected chi connectivity index (χ1v) is 4.49. The second-order valence-corrected chi connectivity index (χ2v) is 3.16. The number of aromatic nitrogens is 3. The highest BCUT2D eigenvalue weighted by molar-refractivity contribution is 5.56. The fourth-order valence-electron chi connectivity index (χ4n) is 1.28. The molecule has 2 heterocycles. The van der Waals surface area contributed by atoms with Crippen molar-refractivity contribution >= 4 is 0 Å². The molecule has 0 radical (unpaired) electrons. The quantitative estimate of drug-likeness (QED) is 0.683. The van der Waals surface area contributed by atoms with Crippen molar-refractivity contribution in [3.05, 3.63) is 42.0 Å². The van der Waals surface area contributed by atoms with Gasteiger partial charge < -0.3 is 0 Å². The molecule has 0 amide bonds. The summed E-state index contributed by atoms with van der Waals surface area (Å²) in [5.74, 6) is 0. The van der Waals surface area contributed by atoms with E-state index in [2.05, 4.69) is 15.0 Å². The number of aryl methyl sites for hydroxylation is 2. The average Bonchev–Trinajstić information content (AvgIpc) is 2.23. The first-order chi connectivity index (χ1) is 6.77. The van der Waals surface area contributed by atoms with Crippen LogP contribution in [-0.2, 0) is 0 Å². The van der Waals surface area contributed by atoms with Gasteiger partial charge in [0.25, 0.3) is 0 Å². The normalized spacial score (nSPS) is 10.1. The Bertz CT molecular complexity index is 438. The largest absolute Gasteiger partial charge is 0.257 e. The molecule has 0 fully saturated rings. The Balaban J connectivity index is 2.57. The third kappa shape index (κ3) is 1.62. The summed E-state index contributed by atoms with van der Waals surface area (Å²) in [6.07, 6.45) is 3.53. The van der Waals surface area contributed by atoms with E-state index in [4.69, 9.17) is 0 Å². The lowest BCUT2D eigenvalue weighted by molar-refractivity contribution is 1.06. The summed E-state index contributed by atoms with van der Waals surface area (Å²) in [4.78, 5) is 12.9. The number of hydrogen-bond acceptors (Lipinski definition) is 3. The summed E-state index contributed by atoms with van der Waals surface area (Å²) in [6, 6.07) is 5.78. The van der Waals surface area contributed by atoms with Crippen molar-refractivity contribution in [2.45, 2.75) is 13.8 Å². The van der Waals surface area contributed by atoms with Gasteiger partial charge >= 0.3 is 0 Å². The molecule has 14 heavy (non-hydrogen) atoms. The van der Waals surface area contributed by atoms with Crippen molar-refractivity contribution in [3.63, 3.8) is 0 Å². The third-order valence-electron chi connectivity index (χ3n) is 1.98. The van der Waals surface area contributed by atoms with Crippen LogP contribution in [0, 0.1) is 13.8 Å². The highest BCUT2D eigenvalue weighted by atomic mass is 14.8. The smallest absolute Gasteiger partial charge is 0.110 e. The predicted molar refractivity (Wildman–Crippen MR) is 54.7 cm³/mol. The van der Waals surface area contributed by atoms with Gasteiger partial charge in [0.15, 0.2) is 0 Å². The van der Waals surface area contributed by atoms with Crippen LogP contribution in [0.5, 0.6) is 0 Å². The van der Waals surface area contributed by atoms with Crippen LogP contribution in [-0.4, -0.2) is 15.0 Å². The summed E-state index contributed by atoms with van der Waals surface area (Å²) in [5.41, 5.74) is 3.57.